The third-order valence-electron chi connectivity index (χ3n) is 3.78. The first-order chi connectivity index (χ1) is 10.7. The first-order valence-electron chi connectivity index (χ1n) is 7.20. The van der Waals surface area contributed by atoms with Gasteiger partial charge in [0.2, 0.25) is 0 Å². The Morgan fingerprint density at radius 1 is 1.39 bits per heavy atom. The number of methoxy groups -OCH3 is 1. The number of nitrogens with zero attached hydrogens (tertiary/aromatic N) is 1. The number of alkyl halides is 1. The van der Waals surface area contributed by atoms with Gasteiger partial charge in [-0.1, -0.05) is 0 Å². The number of rotatable bonds is 7. The van der Waals surface area contributed by atoms with Gasteiger partial charge in [0.05, 0.1) is 24.1 Å². The normalized spacial score (nSPS) is 20.6. The predicted octanol–water partition coefficient (Wildman–Crippen LogP) is 2.03. The number of carbonyl (C=O) groups is 1. The van der Waals surface area contributed by atoms with E-state index in [-0.39, 0.29) is 48.5 Å². The Labute approximate surface area is 165 Å². The topological polar surface area (TPSA) is 55.8 Å². The van der Waals surface area contributed by atoms with Crippen LogP contribution in [0.3, 0.4) is 0 Å². The molecule has 1 aromatic carbocycles. The van der Waals surface area contributed by atoms with E-state index in [9.17, 15) is 9.59 Å². The summed E-state index contributed by atoms with van der Waals surface area (Å²) in [5.41, 5.74) is 0.481. The average molecular weight is 563 g/mol. The van der Waals surface area contributed by atoms with Gasteiger partial charge >= 0.3 is 5.97 Å². The SMILES string of the molecule is COC(=O)c1ccc(OC[C@H]2[C@@H](Cl)CCN2CC[C-]=O)cc1.[U]. The second-order valence-electron chi connectivity index (χ2n) is 5.13. The maximum atomic E-state index is 11.4. The molecule has 0 aliphatic carbocycles. The molecule has 0 spiro atoms. The molecule has 1 aliphatic heterocycles. The Balaban J connectivity index is 0.00000264. The van der Waals surface area contributed by atoms with Crippen molar-refractivity contribution in [2.24, 2.45) is 0 Å². The number of carbonyl (C=O) groups excluding carboxylic acids is 2. The molecule has 0 N–H and O–H groups in total. The van der Waals surface area contributed by atoms with Crippen LogP contribution in [-0.4, -0.2) is 55.4 Å². The fourth-order valence-corrected chi connectivity index (χ4v) is 2.87. The van der Waals surface area contributed by atoms with E-state index in [2.05, 4.69) is 9.64 Å². The van der Waals surface area contributed by atoms with Crippen LogP contribution in [0.5, 0.6) is 5.75 Å². The van der Waals surface area contributed by atoms with Gasteiger partial charge in [0.15, 0.2) is 0 Å². The van der Waals surface area contributed by atoms with Crippen molar-refractivity contribution in [2.75, 3.05) is 26.8 Å². The zero-order valence-corrected chi connectivity index (χ0v) is 17.9. The Morgan fingerprint density at radius 2 is 2.09 bits per heavy atom. The summed E-state index contributed by atoms with van der Waals surface area (Å²) in [5, 5.41) is 0.0148. The minimum Gasteiger partial charge on any atom is -0.542 e. The van der Waals surface area contributed by atoms with E-state index in [4.69, 9.17) is 16.3 Å². The van der Waals surface area contributed by atoms with E-state index in [1.165, 1.54) is 7.11 Å². The summed E-state index contributed by atoms with van der Waals surface area (Å²) < 4.78 is 10.4. The summed E-state index contributed by atoms with van der Waals surface area (Å²) in [5.74, 6) is 0.296. The molecule has 2 rings (SSSR count). The van der Waals surface area contributed by atoms with Crippen LogP contribution in [0, 0.1) is 31.1 Å². The molecular weight excluding hydrogens is 544 g/mol. The minimum absolute atomic E-state index is 0. The van der Waals surface area contributed by atoms with E-state index < -0.39 is 0 Å². The van der Waals surface area contributed by atoms with Gasteiger partial charge in [-0.25, -0.2) is 4.79 Å². The fourth-order valence-electron chi connectivity index (χ4n) is 2.54. The molecule has 0 saturated carbocycles. The monoisotopic (exact) mass is 562 g/mol. The number of esters is 1. The van der Waals surface area contributed by atoms with E-state index >= 15 is 0 Å². The zero-order chi connectivity index (χ0) is 15.9. The van der Waals surface area contributed by atoms with Gasteiger partial charge in [-0.05, 0) is 43.8 Å². The van der Waals surface area contributed by atoms with Crippen molar-refractivity contribution in [3.63, 3.8) is 0 Å². The van der Waals surface area contributed by atoms with Crippen molar-refractivity contribution < 1.29 is 50.2 Å². The van der Waals surface area contributed by atoms with Crippen molar-refractivity contribution in [1.82, 2.24) is 4.90 Å². The van der Waals surface area contributed by atoms with Crippen LogP contribution >= 0.6 is 11.6 Å². The van der Waals surface area contributed by atoms with E-state index in [1.807, 2.05) is 6.29 Å². The van der Waals surface area contributed by atoms with Crippen molar-refractivity contribution in [3.8, 4) is 5.75 Å². The van der Waals surface area contributed by atoms with Crippen LogP contribution < -0.4 is 4.74 Å². The van der Waals surface area contributed by atoms with Crippen LogP contribution in [0.15, 0.2) is 24.3 Å². The smallest absolute Gasteiger partial charge is 0.337 e. The molecular formula is C16H19ClNO4U-. The molecule has 1 aliphatic rings. The maximum absolute atomic E-state index is 11.4. The Kier molecular flexibility index (Phi) is 9.23. The summed E-state index contributed by atoms with van der Waals surface area (Å²) in [4.78, 5) is 23.9. The van der Waals surface area contributed by atoms with E-state index in [1.54, 1.807) is 24.3 Å². The van der Waals surface area contributed by atoms with Gasteiger partial charge in [0.1, 0.15) is 12.4 Å². The van der Waals surface area contributed by atoms with Gasteiger partial charge in [-0.15, -0.1) is 18.0 Å². The average Bonchev–Trinajstić information content (AvgIpc) is 2.90. The third-order valence-corrected chi connectivity index (χ3v) is 4.28. The Bertz CT molecular complexity index is 511. The molecule has 0 radical (unpaired) electrons. The van der Waals surface area contributed by atoms with Crippen molar-refractivity contribution >= 4 is 23.9 Å². The predicted molar refractivity (Wildman–Crippen MR) is 83.2 cm³/mol. The summed E-state index contributed by atoms with van der Waals surface area (Å²) in [6, 6.07) is 6.86. The molecule has 5 nitrogen and oxygen atoms in total. The molecule has 1 aromatic rings. The number of hydrogen-bond donors (Lipinski definition) is 0. The minimum atomic E-state index is -0.376. The molecule has 0 bridgehead atoms. The van der Waals surface area contributed by atoms with Crippen LogP contribution in [0.4, 0.5) is 0 Å². The quantitative estimate of drug-likeness (QED) is 0.289. The molecule has 124 valence electrons. The van der Waals surface area contributed by atoms with Crippen molar-refractivity contribution in [3.05, 3.63) is 29.8 Å². The number of hydrogen-bond acceptors (Lipinski definition) is 5. The summed E-state index contributed by atoms with van der Waals surface area (Å²) >= 11 is 6.32. The van der Waals surface area contributed by atoms with Crippen LogP contribution in [0.2, 0.25) is 0 Å². The van der Waals surface area contributed by atoms with Gasteiger partial charge in [-0.3, -0.25) is 11.2 Å². The second kappa shape index (κ2) is 10.4. The summed E-state index contributed by atoms with van der Waals surface area (Å²) in [6.07, 6.45) is 3.17. The molecule has 0 aromatic heterocycles. The van der Waals surface area contributed by atoms with Gasteiger partial charge in [0, 0.05) is 31.1 Å². The number of halogens is 1. The summed E-state index contributed by atoms with van der Waals surface area (Å²) in [7, 11) is 1.35. The third kappa shape index (κ3) is 5.79. The molecule has 0 amide bonds. The largest absolute Gasteiger partial charge is 0.542 e. The van der Waals surface area contributed by atoms with Gasteiger partial charge in [0.25, 0.3) is 0 Å². The first kappa shape index (κ1) is 20.5. The maximum Gasteiger partial charge on any atom is 0.337 e. The van der Waals surface area contributed by atoms with Crippen molar-refractivity contribution in [1.29, 1.82) is 0 Å². The van der Waals surface area contributed by atoms with Crippen LogP contribution in [0.1, 0.15) is 23.2 Å². The second-order valence-corrected chi connectivity index (χ2v) is 5.69. The molecule has 7 heteroatoms. The number of likely N-dealkylation sites (tertiary alicyclic amines) is 1. The molecule has 2 atom stereocenters. The molecule has 1 heterocycles. The van der Waals surface area contributed by atoms with Gasteiger partial charge < -0.3 is 14.3 Å². The number of benzene rings is 1. The van der Waals surface area contributed by atoms with Crippen LogP contribution in [-0.2, 0) is 9.53 Å². The molecule has 1 saturated heterocycles. The molecule has 1 fully saturated rings. The van der Waals surface area contributed by atoms with E-state index in [0.717, 1.165) is 13.0 Å². The van der Waals surface area contributed by atoms with Gasteiger partial charge in [-0.2, -0.15) is 0 Å². The Morgan fingerprint density at radius 3 is 2.70 bits per heavy atom. The van der Waals surface area contributed by atoms with Crippen LogP contribution in [0.25, 0.3) is 0 Å². The number of ether oxygens (including phenoxy) is 2. The summed E-state index contributed by atoms with van der Waals surface area (Å²) in [6.45, 7) is 1.97. The first-order valence-corrected chi connectivity index (χ1v) is 7.63. The van der Waals surface area contributed by atoms with E-state index in [0.29, 0.717) is 30.9 Å². The zero-order valence-electron chi connectivity index (χ0n) is 13.0. The molecule has 23 heavy (non-hydrogen) atoms. The Hall–Kier alpha value is -0.538. The van der Waals surface area contributed by atoms with Crippen molar-refractivity contribution in [2.45, 2.75) is 24.3 Å². The standard InChI is InChI=1S/C16H19ClNO4.U/c1-21-16(20)12-3-5-13(6-4-12)22-11-15-14(17)7-9-18(15)8-2-10-19;/h3-6,14-15H,2,7-9,11H2,1H3;/q-1;/t14-,15-;/m0./s1. The fraction of sp³-hybridized carbons (Fsp3) is 0.500. The molecule has 0 unspecified atom stereocenters.